The summed E-state index contributed by atoms with van der Waals surface area (Å²) < 4.78 is 19.1. The molecule has 210 valence electrons. The Labute approximate surface area is 235 Å². The van der Waals surface area contributed by atoms with E-state index in [9.17, 15) is 4.79 Å². The van der Waals surface area contributed by atoms with Crippen molar-refractivity contribution in [2.75, 3.05) is 39.1 Å². The van der Waals surface area contributed by atoms with Crippen LogP contribution in [0.4, 0.5) is 16.3 Å². The summed E-state index contributed by atoms with van der Waals surface area (Å²) in [4.78, 5) is 30.1. The number of hydrogen-bond donors (Lipinski definition) is 1. The fraction of sp³-hybridized carbons (Fsp3) is 0.286. The average Bonchev–Trinajstić information content (AvgIpc) is 3.42. The predicted octanol–water partition coefficient (Wildman–Crippen LogP) is 4.06. The van der Waals surface area contributed by atoms with Crippen molar-refractivity contribution in [1.29, 1.82) is 0 Å². The van der Waals surface area contributed by atoms with Crippen molar-refractivity contribution < 1.29 is 19.0 Å². The molecule has 41 heavy (non-hydrogen) atoms. The molecule has 1 aliphatic rings. The van der Waals surface area contributed by atoms with Crippen LogP contribution in [0.15, 0.2) is 55.4 Å². The molecule has 1 amide bonds. The second kappa shape index (κ2) is 10.8. The highest BCUT2D eigenvalue weighted by Crippen LogP contribution is 2.36. The lowest BCUT2D eigenvalue weighted by molar-refractivity contribution is 0.0886. The Hall–Kier alpha value is -5.04. The molecule has 0 aliphatic carbocycles. The molecule has 6 rings (SSSR count). The first-order valence-corrected chi connectivity index (χ1v) is 13.1. The van der Waals surface area contributed by atoms with E-state index in [1.54, 1.807) is 40.2 Å². The first-order valence-electron chi connectivity index (χ1n) is 13.1. The van der Waals surface area contributed by atoms with Crippen molar-refractivity contribution in [3.63, 3.8) is 0 Å². The SMILES string of the molecule is COc1cc2ncnc(Nc3ccc(Oc4cc5nncn5cn4)c(C)c3)c2cc1OC(=O)N1CCN(C)C[C@H]1C. The van der Waals surface area contributed by atoms with E-state index in [4.69, 9.17) is 14.2 Å². The van der Waals surface area contributed by atoms with Gasteiger partial charge in [-0.25, -0.2) is 19.7 Å². The molecule has 2 aromatic carbocycles. The number of hydrogen-bond acceptors (Lipinski definition) is 11. The van der Waals surface area contributed by atoms with Gasteiger partial charge in [-0.15, -0.1) is 10.2 Å². The Morgan fingerprint density at radius 1 is 1.02 bits per heavy atom. The summed E-state index contributed by atoms with van der Waals surface area (Å²) >= 11 is 0. The third-order valence-electron chi connectivity index (χ3n) is 7.00. The highest BCUT2D eigenvalue weighted by Gasteiger charge is 2.28. The first kappa shape index (κ1) is 26.2. The number of piperazine rings is 1. The zero-order chi connectivity index (χ0) is 28.5. The summed E-state index contributed by atoms with van der Waals surface area (Å²) in [7, 11) is 3.57. The molecule has 4 heterocycles. The van der Waals surface area contributed by atoms with Crippen LogP contribution in [-0.2, 0) is 0 Å². The average molecular weight is 556 g/mol. The molecule has 13 nitrogen and oxygen atoms in total. The molecule has 0 bridgehead atoms. The third-order valence-corrected chi connectivity index (χ3v) is 7.00. The molecule has 1 fully saturated rings. The van der Waals surface area contributed by atoms with E-state index in [-0.39, 0.29) is 6.04 Å². The molecule has 0 radical (unpaired) electrons. The molecular formula is C28H29N9O4. The molecule has 3 aromatic heterocycles. The first-order chi connectivity index (χ1) is 19.9. The monoisotopic (exact) mass is 555 g/mol. The minimum atomic E-state index is -0.418. The van der Waals surface area contributed by atoms with E-state index < -0.39 is 6.09 Å². The number of anilines is 2. The molecule has 0 unspecified atom stereocenters. The van der Waals surface area contributed by atoms with Gasteiger partial charge in [0.25, 0.3) is 0 Å². The van der Waals surface area contributed by atoms with Crippen LogP contribution in [0.25, 0.3) is 16.6 Å². The number of ether oxygens (including phenoxy) is 3. The molecule has 1 saturated heterocycles. The number of benzene rings is 2. The van der Waals surface area contributed by atoms with Crippen LogP contribution in [0.5, 0.6) is 23.1 Å². The number of carbonyl (C=O) groups excluding carboxylic acids is 1. The van der Waals surface area contributed by atoms with Crippen molar-refractivity contribution in [3.8, 4) is 23.1 Å². The number of carbonyl (C=O) groups is 1. The lowest BCUT2D eigenvalue weighted by atomic mass is 10.1. The Bertz CT molecular complexity index is 1740. The van der Waals surface area contributed by atoms with Crippen molar-refractivity contribution in [2.24, 2.45) is 0 Å². The van der Waals surface area contributed by atoms with Gasteiger partial charge in [0.1, 0.15) is 30.5 Å². The number of methoxy groups -OCH3 is 1. The fourth-order valence-electron chi connectivity index (χ4n) is 4.82. The maximum absolute atomic E-state index is 13.1. The van der Waals surface area contributed by atoms with Crippen molar-refractivity contribution in [2.45, 2.75) is 19.9 Å². The van der Waals surface area contributed by atoms with Crippen LogP contribution in [-0.4, -0.2) is 85.3 Å². The largest absolute Gasteiger partial charge is 0.493 e. The van der Waals surface area contributed by atoms with E-state index >= 15 is 0 Å². The summed E-state index contributed by atoms with van der Waals surface area (Å²) in [6.45, 7) is 6.10. The lowest BCUT2D eigenvalue weighted by Gasteiger charge is -2.37. The smallest absolute Gasteiger partial charge is 0.415 e. The zero-order valence-electron chi connectivity index (χ0n) is 23.1. The van der Waals surface area contributed by atoms with Gasteiger partial charge in [0.15, 0.2) is 17.1 Å². The summed E-state index contributed by atoms with van der Waals surface area (Å²) in [5.74, 6) is 2.32. The summed E-state index contributed by atoms with van der Waals surface area (Å²) in [6, 6.07) is 10.9. The van der Waals surface area contributed by atoms with Crippen LogP contribution in [0.2, 0.25) is 0 Å². The Balaban J connectivity index is 1.24. The third kappa shape index (κ3) is 5.39. The summed E-state index contributed by atoms with van der Waals surface area (Å²) in [6.07, 6.45) is 4.23. The van der Waals surface area contributed by atoms with Crippen LogP contribution >= 0.6 is 0 Å². The van der Waals surface area contributed by atoms with Crippen molar-refractivity contribution in [3.05, 3.63) is 60.9 Å². The summed E-state index contributed by atoms with van der Waals surface area (Å²) in [5, 5.41) is 11.9. The van der Waals surface area contributed by atoms with Gasteiger partial charge in [0.05, 0.1) is 12.6 Å². The number of rotatable bonds is 6. The number of fused-ring (bicyclic) bond motifs is 2. The molecule has 1 aliphatic heterocycles. The van der Waals surface area contributed by atoms with Gasteiger partial charge in [-0.1, -0.05) is 0 Å². The van der Waals surface area contributed by atoms with Gasteiger partial charge in [-0.3, -0.25) is 4.40 Å². The fourth-order valence-corrected chi connectivity index (χ4v) is 4.82. The quantitative estimate of drug-likeness (QED) is 0.325. The molecule has 0 saturated carbocycles. The topological polar surface area (TPSA) is 132 Å². The van der Waals surface area contributed by atoms with Gasteiger partial charge >= 0.3 is 6.09 Å². The van der Waals surface area contributed by atoms with Gasteiger partial charge in [0.2, 0.25) is 5.88 Å². The van der Waals surface area contributed by atoms with Crippen LogP contribution in [0.3, 0.4) is 0 Å². The van der Waals surface area contributed by atoms with Crippen LogP contribution in [0.1, 0.15) is 12.5 Å². The normalized spacial score (nSPS) is 15.7. The highest BCUT2D eigenvalue weighted by atomic mass is 16.6. The Morgan fingerprint density at radius 3 is 2.71 bits per heavy atom. The van der Waals surface area contributed by atoms with Gasteiger partial charge in [-0.05, 0) is 50.7 Å². The van der Waals surface area contributed by atoms with E-state index in [0.717, 1.165) is 24.3 Å². The van der Waals surface area contributed by atoms with E-state index in [1.165, 1.54) is 13.4 Å². The standard InChI is InChI=1S/C28H29N9O4/c1-17-9-19(5-6-22(17)40-26-12-25-34-32-16-36(25)15-31-26)33-27-20-10-24(23(39-4)11-21(20)29-14-30-27)41-28(38)37-8-7-35(3)13-18(37)2/h5-6,9-12,14-16,18H,7-8,13H2,1-4H3,(H,29,30,33)/t18-/m1/s1. The number of nitrogens with zero attached hydrogens (tertiary/aromatic N) is 8. The van der Waals surface area contributed by atoms with Crippen LogP contribution < -0.4 is 19.5 Å². The number of likely N-dealkylation sites (N-methyl/N-ethyl adjacent to an activating group) is 1. The maximum Gasteiger partial charge on any atom is 0.415 e. The minimum Gasteiger partial charge on any atom is -0.493 e. The van der Waals surface area contributed by atoms with Gasteiger partial charge < -0.3 is 29.3 Å². The van der Waals surface area contributed by atoms with Crippen molar-refractivity contribution >= 4 is 34.1 Å². The van der Waals surface area contributed by atoms with Crippen molar-refractivity contribution in [1.82, 2.24) is 39.3 Å². The second-order valence-electron chi connectivity index (χ2n) is 9.95. The number of aryl methyl sites for hydroxylation is 1. The molecule has 1 N–H and O–H groups in total. The van der Waals surface area contributed by atoms with E-state index in [2.05, 4.69) is 35.4 Å². The summed E-state index contributed by atoms with van der Waals surface area (Å²) in [5.41, 5.74) is 2.95. The molecule has 0 spiro atoms. The zero-order valence-corrected chi connectivity index (χ0v) is 23.1. The Morgan fingerprint density at radius 2 is 1.90 bits per heavy atom. The van der Waals surface area contributed by atoms with Crippen LogP contribution in [0, 0.1) is 6.92 Å². The predicted molar refractivity (Wildman–Crippen MR) is 151 cm³/mol. The van der Waals surface area contributed by atoms with E-state index in [1.807, 2.05) is 39.1 Å². The number of nitrogens with one attached hydrogen (secondary N) is 1. The molecular weight excluding hydrogens is 526 g/mol. The second-order valence-corrected chi connectivity index (χ2v) is 9.95. The molecule has 5 aromatic rings. The number of amides is 1. The molecule has 1 atom stereocenters. The Kier molecular flexibility index (Phi) is 6.93. The van der Waals surface area contributed by atoms with E-state index in [0.29, 0.717) is 52.0 Å². The minimum absolute atomic E-state index is 0.0323. The lowest BCUT2D eigenvalue weighted by Crippen LogP contribution is -2.53. The highest BCUT2D eigenvalue weighted by molar-refractivity contribution is 5.93. The van der Waals surface area contributed by atoms with Gasteiger partial charge in [0, 0.05) is 48.9 Å². The maximum atomic E-state index is 13.1. The molecule has 13 heteroatoms. The van der Waals surface area contributed by atoms with Gasteiger partial charge in [-0.2, -0.15) is 0 Å². The number of aromatic nitrogens is 6.